The van der Waals surface area contributed by atoms with Crippen LogP contribution in [0.1, 0.15) is 43.9 Å². The van der Waals surface area contributed by atoms with Crippen LogP contribution in [-0.2, 0) is 26.2 Å². The molecule has 0 fully saturated rings. The fourth-order valence-electron chi connectivity index (χ4n) is 4.28. The lowest BCUT2D eigenvalue weighted by Crippen LogP contribution is -2.52. The molecule has 2 amide bonds. The lowest BCUT2D eigenvalue weighted by molar-refractivity contribution is -0.139. The zero-order valence-electron chi connectivity index (χ0n) is 25.4. The summed E-state index contributed by atoms with van der Waals surface area (Å²) in [5.41, 5.74) is 2.99. The molecule has 0 unspecified atom stereocenters. The van der Waals surface area contributed by atoms with Crippen molar-refractivity contribution in [3.63, 3.8) is 0 Å². The van der Waals surface area contributed by atoms with Gasteiger partial charge in [-0.15, -0.1) is 0 Å². The van der Waals surface area contributed by atoms with Crippen LogP contribution in [0.3, 0.4) is 0 Å². The summed E-state index contributed by atoms with van der Waals surface area (Å²) in [6, 6.07) is 17.8. The summed E-state index contributed by atoms with van der Waals surface area (Å²) in [4.78, 5) is 28.7. The standard InChI is InChI=1S/C32H41N3O6S/c1-8-24(4)33-32(37)25(5)34(20-26-13-9-22(2)10-14-26)31(36)21-35(27-15-18-29(40-6)30(19-27)41-7)42(38,39)28-16-11-23(3)12-17-28/h9-19,24-25H,8,20-21H2,1-7H3,(H,33,37)/t24-,25-/m0/s1. The summed E-state index contributed by atoms with van der Waals surface area (Å²) in [7, 11) is -1.27. The van der Waals surface area contributed by atoms with Gasteiger partial charge in [0.2, 0.25) is 11.8 Å². The van der Waals surface area contributed by atoms with E-state index in [0.29, 0.717) is 11.5 Å². The third-order valence-electron chi connectivity index (χ3n) is 7.18. The average Bonchev–Trinajstić information content (AvgIpc) is 2.98. The van der Waals surface area contributed by atoms with Crippen LogP contribution in [0.4, 0.5) is 5.69 Å². The van der Waals surface area contributed by atoms with Crippen LogP contribution in [-0.4, -0.2) is 58.0 Å². The predicted octanol–water partition coefficient (Wildman–Crippen LogP) is 4.85. The maximum Gasteiger partial charge on any atom is 0.264 e. The van der Waals surface area contributed by atoms with Gasteiger partial charge in [0.1, 0.15) is 12.6 Å². The second-order valence-electron chi connectivity index (χ2n) is 10.4. The van der Waals surface area contributed by atoms with Crippen LogP contribution in [0.2, 0.25) is 0 Å². The minimum atomic E-state index is -4.20. The number of sulfonamides is 1. The first-order chi connectivity index (χ1) is 19.9. The molecule has 0 heterocycles. The summed E-state index contributed by atoms with van der Waals surface area (Å²) >= 11 is 0. The van der Waals surface area contributed by atoms with Gasteiger partial charge in [-0.05, 0) is 63.9 Å². The number of carbonyl (C=O) groups is 2. The number of amides is 2. The van der Waals surface area contributed by atoms with Crippen molar-refractivity contribution < 1.29 is 27.5 Å². The SMILES string of the molecule is CC[C@H](C)NC(=O)[C@H](C)N(Cc1ccc(C)cc1)C(=O)CN(c1ccc(OC)c(OC)c1)S(=O)(=O)c1ccc(C)cc1. The second kappa shape index (κ2) is 14.2. The molecule has 0 saturated heterocycles. The van der Waals surface area contributed by atoms with E-state index in [1.54, 1.807) is 31.2 Å². The number of nitrogens with one attached hydrogen (secondary N) is 1. The fourth-order valence-corrected chi connectivity index (χ4v) is 5.69. The van der Waals surface area contributed by atoms with E-state index < -0.39 is 28.5 Å². The van der Waals surface area contributed by atoms with Gasteiger partial charge in [-0.3, -0.25) is 13.9 Å². The highest BCUT2D eigenvalue weighted by Crippen LogP contribution is 2.34. The van der Waals surface area contributed by atoms with E-state index in [1.165, 1.54) is 37.3 Å². The molecule has 226 valence electrons. The van der Waals surface area contributed by atoms with Gasteiger partial charge in [0, 0.05) is 18.7 Å². The molecule has 0 saturated carbocycles. The Hall–Kier alpha value is -4.05. The number of rotatable bonds is 13. The quantitative estimate of drug-likeness (QED) is 0.303. The molecule has 0 radical (unpaired) electrons. The van der Waals surface area contributed by atoms with E-state index in [0.717, 1.165) is 27.4 Å². The van der Waals surface area contributed by atoms with E-state index in [2.05, 4.69) is 5.32 Å². The van der Waals surface area contributed by atoms with Crippen molar-refractivity contribution in [3.05, 3.63) is 83.4 Å². The Kier molecular flexibility index (Phi) is 11.0. The molecule has 42 heavy (non-hydrogen) atoms. The van der Waals surface area contributed by atoms with Crippen molar-refractivity contribution in [2.45, 2.75) is 64.6 Å². The van der Waals surface area contributed by atoms with E-state index >= 15 is 0 Å². The molecule has 0 aliphatic rings. The highest BCUT2D eigenvalue weighted by molar-refractivity contribution is 7.92. The van der Waals surface area contributed by atoms with Crippen molar-refractivity contribution in [2.24, 2.45) is 0 Å². The number of anilines is 1. The Labute approximate surface area is 249 Å². The molecular formula is C32H41N3O6S. The van der Waals surface area contributed by atoms with Crippen LogP contribution in [0, 0.1) is 13.8 Å². The maximum atomic E-state index is 14.1. The number of aryl methyl sites for hydroxylation is 2. The fraction of sp³-hybridized carbons (Fsp3) is 0.375. The zero-order chi connectivity index (χ0) is 31.0. The van der Waals surface area contributed by atoms with E-state index in [1.807, 2.05) is 52.0 Å². The smallest absolute Gasteiger partial charge is 0.264 e. The third kappa shape index (κ3) is 7.82. The maximum absolute atomic E-state index is 14.1. The summed E-state index contributed by atoms with van der Waals surface area (Å²) in [6.45, 7) is 8.91. The van der Waals surface area contributed by atoms with E-state index in [-0.39, 0.29) is 29.1 Å². The van der Waals surface area contributed by atoms with Crippen molar-refractivity contribution in [2.75, 3.05) is 25.1 Å². The second-order valence-corrected chi connectivity index (χ2v) is 12.2. The number of nitrogens with zero attached hydrogens (tertiary/aromatic N) is 2. The molecule has 10 heteroatoms. The van der Waals surface area contributed by atoms with Crippen LogP contribution in [0.5, 0.6) is 11.5 Å². The molecule has 3 aromatic carbocycles. The molecule has 0 aromatic heterocycles. The summed E-state index contributed by atoms with van der Waals surface area (Å²) < 4.78 is 39.9. The van der Waals surface area contributed by atoms with Gasteiger partial charge in [-0.25, -0.2) is 8.42 Å². The number of ether oxygens (including phenoxy) is 2. The molecular weight excluding hydrogens is 554 g/mol. The Balaban J connectivity index is 2.08. The Morgan fingerprint density at radius 1 is 0.857 bits per heavy atom. The lowest BCUT2D eigenvalue weighted by Gasteiger charge is -2.32. The molecule has 9 nitrogen and oxygen atoms in total. The molecule has 3 aromatic rings. The first-order valence-electron chi connectivity index (χ1n) is 13.9. The molecule has 0 aliphatic carbocycles. The van der Waals surface area contributed by atoms with Crippen LogP contribution < -0.4 is 19.1 Å². The number of methoxy groups -OCH3 is 2. The van der Waals surface area contributed by atoms with Crippen LogP contribution in [0.15, 0.2) is 71.6 Å². The van der Waals surface area contributed by atoms with E-state index in [9.17, 15) is 18.0 Å². The van der Waals surface area contributed by atoms with Crippen LogP contribution in [0.25, 0.3) is 0 Å². The Morgan fingerprint density at radius 2 is 1.43 bits per heavy atom. The topological polar surface area (TPSA) is 105 Å². The minimum Gasteiger partial charge on any atom is -0.493 e. The van der Waals surface area contributed by atoms with Crippen molar-refractivity contribution in [1.82, 2.24) is 10.2 Å². The molecule has 0 aliphatic heterocycles. The summed E-state index contributed by atoms with van der Waals surface area (Å²) in [6.07, 6.45) is 0.728. The van der Waals surface area contributed by atoms with Crippen LogP contribution >= 0.6 is 0 Å². The molecule has 3 rings (SSSR count). The van der Waals surface area contributed by atoms with Crippen molar-refractivity contribution in [3.8, 4) is 11.5 Å². The largest absolute Gasteiger partial charge is 0.493 e. The highest BCUT2D eigenvalue weighted by atomic mass is 32.2. The first kappa shape index (κ1) is 32.5. The normalized spacial score (nSPS) is 12.6. The predicted molar refractivity (Wildman–Crippen MR) is 164 cm³/mol. The lowest BCUT2D eigenvalue weighted by atomic mass is 10.1. The van der Waals surface area contributed by atoms with Gasteiger partial charge >= 0.3 is 0 Å². The molecule has 0 spiro atoms. The number of hydrogen-bond donors (Lipinski definition) is 1. The van der Waals surface area contributed by atoms with Crippen molar-refractivity contribution >= 4 is 27.5 Å². The number of carbonyl (C=O) groups excluding carboxylic acids is 2. The van der Waals surface area contributed by atoms with Gasteiger partial charge in [0.15, 0.2) is 11.5 Å². The number of benzene rings is 3. The monoisotopic (exact) mass is 595 g/mol. The highest BCUT2D eigenvalue weighted by Gasteiger charge is 2.33. The zero-order valence-corrected chi connectivity index (χ0v) is 26.2. The van der Waals surface area contributed by atoms with E-state index in [4.69, 9.17) is 9.47 Å². The van der Waals surface area contributed by atoms with Crippen molar-refractivity contribution in [1.29, 1.82) is 0 Å². The number of hydrogen-bond acceptors (Lipinski definition) is 6. The van der Waals surface area contributed by atoms with Gasteiger partial charge in [0.25, 0.3) is 10.0 Å². The van der Waals surface area contributed by atoms with Gasteiger partial charge in [-0.1, -0.05) is 54.4 Å². The summed E-state index contributed by atoms with van der Waals surface area (Å²) in [5.74, 6) is -0.127. The average molecular weight is 596 g/mol. The molecule has 2 atom stereocenters. The van der Waals surface area contributed by atoms with Gasteiger partial charge in [-0.2, -0.15) is 0 Å². The third-order valence-corrected chi connectivity index (χ3v) is 8.97. The first-order valence-corrected chi connectivity index (χ1v) is 15.3. The van der Waals surface area contributed by atoms with Gasteiger partial charge < -0.3 is 19.7 Å². The minimum absolute atomic E-state index is 0.0309. The Morgan fingerprint density at radius 3 is 1.98 bits per heavy atom. The Bertz CT molecular complexity index is 1470. The summed E-state index contributed by atoms with van der Waals surface area (Å²) in [5, 5.41) is 2.94. The van der Waals surface area contributed by atoms with Gasteiger partial charge in [0.05, 0.1) is 24.8 Å². The molecule has 1 N–H and O–H groups in total. The molecule has 0 bridgehead atoms.